The number of piperazine rings is 1. The summed E-state index contributed by atoms with van der Waals surface area (Å²) in [5.74, 6) is -2.07. The molecule has 1 amide bonds. The Labute approximate surface area is 218 Å². The Balaban J connectivity index is 1.36. The van der Waals surface area contributed by atoms with E-state index >= 15 is 0 Å². The van der Waals surface area contributed by atoms with Gasteiger partial charge in [-0.3, -0.25) is 24.1 Å². The van der Waals surface area contributed by atoms with Crippen molar-refractivity contribution in [3.8, 4) is 5.75 Å². The maximum atomic E-state index is 13.6. The van der Waals surface area contributed by atoms with E-state index in [0.717, 1.165) is 24.8 Å². The fraction of sp³-hybridized carbons (Fsp3) is 0.630. The zero-order valence-electron chi connectivity index (χ0n) is 21.2. The summed E-state index contributed by atoms with van der Waals surface area (Å²) >= 11 is 0. The number of rotatable bonds is 7. The van der Waals surface area contributed by atoms with E-state index in [-0.39, 0.29) is 43.4 Å². The number of piperidine rings is 1. The van der Waals surface area contributed by atoms with E-state index in [9.17, 15) is 32.3 Å². The number of ether oxygens (including phenoxy) is 2. The van der Waals surface area contributed by atoms with E-state index in [1.54, 1.807) is 11.0 Å². The molecule has 38 heavy (non-hydrogen) atoms. The van der Waals surface area contributed by atoms with Gasteiger partial charge in [-0.05, 0) is 61.8 Å². The van der Waals surface area contributed by atoms with Crippen LogP contribution in [0.3, 0.4) is 0 Å². The molecule has 1 aromatic carbocycles. The second-order valence-corrected chi connectivity index (χ2v) is 10.9. The lowest BCUT2D eigenvalue weighted by Crippen LogP contribution is -2.70. The molecule has 2 unspecified atom stereocenters. The molecule has 11 heteroatoms. The molecule has 3 aliphatic heterocycles. The SMILES string of the molecule is CC(=O)OCC1(C(=O)C(=O)CN2C3CCCC2[C@@H]2Cc4cc(OC(F)(F)F)ccc4CN2C3=O)CCCC1. The Morgan fingerprint density at radius 1 is 1.05 bits per heavy atom. The van der Waals surface area contributed by atoms with E-state index < -0.39 is 35.4 Å². The van der Waals surface area contributed by atoms with Gasteiger partial charge in [0.25, 0.3) is 0 Å². The molecule has 2 saturated heterocycles. The van der Waals surface area contributed by atoms with Crippen molar-refractivity contribution < 1.29 is 41.8 Å². The van der Waals surface area contributed by atoms with Crippen LogP contribution in [-0.4, -0.2) is 70.9 Å². The first-order chi connectivity index (χ1) is 18.0. The average molecular weight is 537 g/mol. The number of alkyl halides is 3. The molecule has 4 aliphatic rings. The lowest BCUT2D eigenvalue weighted by molar-refractivity contribution is -0.274. The highest BCUT2D eigenvalue weighted by Crippen LogP contribution is 2.42. The lowest BCUT2D eigenvalue weighted by Gasteiger charge is -2.55. The first kappa shape index (κ1) is 26.6. The molecule has 0 N–H and O–H groups in total. The highest BCUT2D eigenvalue weighted by Gasteiger charge is 2.52. The molecule has 2 bridgehead atoms. The number of fused-ring (bicyclic) bond motifs is 5. The molecule has 0 radical (unpaired) electrons. The van der Waals surface area contributed by atoms with Crippen molar-refractivity contribution in [2.45, 2.75) is 89.3 Å². The van der Waals surface area contributed by atoms with Crippen LogP contribution in [0.25, 0.3) is 0 Å². The predicted molar refractivity (Wildman–Crippen MR) is 127 cm³/mol. The van der Waals surface area contributed by atoms with Crippen molar-refractivity contribution in [3.63, 3.8) is 0 Å². The van der Waals surface area contributed by atoms with Gasteiger partial charge in [0.15, 0.2) is 0 Å². The number of hydrogen-bond acceptors (Lipinski definition) is 7. The van der Waals surface area contributed by atoms with Crippen LogP contribution in [0, 0.1) is 5.41 Å². The number of hydrogen-bond donors (Lipinski definition) is 0. The summed E-state index contributed by atoms with van der Waals surface area (Å²) < 4.78 is 47.5. The predicted octanol–water partition coefficient (Wildman–Crippen LogP) is 3.34. The van der Waals surface area contributed by atoms with Gasteiger partial charge in [-0.25, -0.2) is 0 Å². The van der Waals surface area contributed by atoms with Crippen LogP contribution in [0.4, 0.5) is 13.2 Å². The summed E-state index contributed by atoms with van der Waals surface area (Å²) in [6.45, 7) is 1.23. The van der Waals surface area contributed by atoms with Crippen LogP contribution in [0.5, 0.6) is 5.75 Å². The second kappa shape index (κ2) is 9.98. The smallest absolute Gasteiger partial charge is 0.465 e. The third-order valence-corrected chi connectivity index (χ3v) is 8.57. The Morgan fingerprint density at radius 2 is 1.79 bits per heavy atom. The number of benzene rings is 1. The minimum atomic E-state index is -4.80. The summed E-state index contributed by atoms with van der Waals surface area (Å²) in [7, 11) is 0. The van der Waals surface area contributed by atoms with E-state index in [0.29, 0.717) is 37.7 Å². The summed E-state index contributed by atoms with van der Waals surface area (Å²) in [5.41, 5.74) is 0.441. The standard InChI is InChI=1S/C27H31F3N2O6/c1-16(33)37-15-26(9-2-3-10-26)24(35)23(34)14-31-20-5-4-6-21(31)25(36)32-13-17-7-8-19(38-27(28,29)30)11-18(17)12-22(20)32/h7-8,11,20-22H,2-6,9-10,12-15H2,1H3/t20?,21?,22-/m0/s1. The number of ketones is 2. The quantitative estimate of drug-likeness (QED) is 0.390. The van der Waals surface area contributed by atoms with Crippen LogP contribution in [0.1, 0.15) is 63.0 Å². The Kier molecular flexibility index (Phi) is 7.00. The summed E-state index contributed by atoms with van der Waals surface area (Å²) in [6, 6.07) is 3.15. The summed E-state index contributed by atoms with van der Waals surface area (Å²) in [6.07, 6.45) is 0.0882. The number of halogens is 3. The maximum Gasteiger partial charge on any atom is 0.573 e. The molecule has 0 spiro atoms. The van der Waals surface area contributed by atoms with Crippen molar-refractivity contribution in [3.05, 3.63) is 29.3 Å². The molecule has 0 aromatic heterocycles. The van der Waals surface area contributed by atoms with Gasteiger partial charge < -0.3 is 14.4 Å². The molecule has 3 atom stereocenters. The second-order valence-electron chi connectivity index (χ2n) is 10.9. The van der Waals surface area contributed by atoms with Gasteiger partial charge in [-0.1, -0.05) is 18.9 Å². The number of carbonyl (C=O) groups is 4. The highest BCUT2D eigenvalue weighted by molar-refractivity contribution is 6.40. The number of carbonyl (C=O) groups excluding carboxylic acids is 4. The van der Waals surface area contributed by atoms with Crippen molar-refractivity contribution in [1.29, 1.82) is 0 Å². The van der Waals surface area contributed by atoms with Crippen LogP contribution >= 0.6 is 0 Å². The van der Waals surface area contributed by atoms with Gasteiger partial charge in [-0.15, -0.1) is 13.2 Å². The largest absolute Gasteiger partial charge is 0.573 e. The molecule has 206 valence electrons. The number of amides is 1. The normalized spacial score (nSPS) is 26.4. The van der Waals surface area contributed by atoms with Gasteiger partial charge in [-0.2, -0.15) is 0 Å². The van der Waals surface area contributed by atoms with E-state index in [1.165, 1.54) is 19.1 Å². The third-order valence-electron chi connectivity index (χ3n) is 8.57. The van der Waals surface area contributed by atoms with Crippen molar-refractivity contribution >= 4 is 23.4 Å². The Bertz CT molecular complexity index is 1150. The monoisotopic (exact) mass is 536 g/mol. The van der Waals surface area contributed by atoms with E-state index in [1.807, 2.05) is 4.90 Å². The number of esters is 1. The van der Waals surface area contributed by atoms with Crippen LogP contribution in [0.2, 0.25) is 0 Å². The molecule has 3 heterocycles. The summed E-state index contributed by atoms with van der Waals surface area (Å²) in [4.78, 5) is 55.3. The Morgan fingerprint density at radius 3 is 2.47 bits per heavy atom. The topological polar surface area (TPSA) is 93.2 Å². The minimum absolute atomic E-state index is 0.117. The Hall–Kier alpha value is -2.95. The van der Waals surface area contributed by atoms with Crippen molar-refractivity contribution in [1.82, 2.24) is 9.80 Å². The van der Waals surface area contributed by atoms with Gasteiger partial charge in [0.2, 0.25) is 17.5 Å². The van der Waals surface area contributed by atoms with Crippen LogP contribution in [0.15, 0.2) is 18.2 Å². The zero-order chi connectivity index (χ0) is 27.2. The van der Waals surface area contributed by atoms with Gasteiger partial charge in [0.05, 0.1) is 24.0 Å². The average Bonchev–Trinajstić information content (AvgIpc) is 3.34. The van der Waals surface area contributed by atoms with E-state index in [4.69, 9.17) is 4.74 Å². The number of nitrogens with zero attached hydrogens (tertiary/aromatic N) is 2. The molecule has 8 nitrogen and oxygen atoms in total. The molecular weight excluding hydrogens is 505 g/mol. The number of Topliss-reactive ketones (excluding diaryl/α,β-unsaturated/α-hetero) is 2. The molecule has 1 aliphatic carbocycles. The lowest BCUT2D eigenvalue weighted by atomic mass is 9.78. The molecule has 5 rings (SSSR count). The van der Waals surface area contributed by atoms with Crippen LogP contribution in [-0.2, 0) is 36.9 Å². The first-order valence-corrected chi connectivity index (χ1v) is 13.1. The highest BCUT2D eigenvalue weighted by atomic mass is 19.4. The van der Waals surface area contributed by atoms with Crippen molar-refractivity contribution in [2.24, 2.45) is 5.41 Å². The first-order valence-electron chi connectivity index (χ1n) is 13.1. The van der Waals surface area contributed by atoms with Gasteiger partial charge >= 0.3 is 12.3 Å². The maximum absolute atomic E-state index is 13.6. The fourth-order valence-corrected chi connectivity index (χ4v) is 6.81. The van der Waals surface area contributed by atoms with Crippen molar-refractivity contribution in [2.75, 3.05) is 13.2 Å². The fourth-order valence-electron chi connectivity index (χ4n) is 6.81. The summed E-state index contributed by atoms with van der Waals surface area (Å²) in [5, 5.41) is 0. The van der Waals surface area contributed by atoms with Gasteiger partial charge in [0, 0.05) is 19.5 Å². The molecule has 1 saturated carbocycles. The minimum Gasteiger partial charge on any atom is -0.465 e. The zero-order valence-corrected chi connectivity index (χ0v) is 21.2. The molecule has 3 fully saturated rings. The molecular formula is C27H31F3N2O6. The van der Waals surface area contributed by atoms with Gasteiger partial charge in [0.1, 0.15) is 12.4 Å². The van der Waals surface area contributed by atoms with Crippen LogP contribution < -0.4 is 4.74 Å². The third kappa shape index (κ3) is 5.04. The molecule has 1 aromatic rings. The van der Waals surface area contributed by atoms with E-state index in [2.05, 4.69) is 4.74 Å².